The van der Waals surface area contributed by atoms with Crippen LogP contribution in [-0.4, -0.2) is 6.18 Å². The monoisotopic (exact) mass is 194 g/mol. The van der Waals surface area contributed by atoms with Crippen LogP contribution in [0.5, 0.6) is 0 Å². The first-order valence-corrected chi connectivity index (χ1v) is 5.04. The molecule has 0 amide bonds. The zero-order valence-electron chi connectivity index (χ0n) is 8.03. The average molecular weight is 194 g/mol. The Bertz CT molecular complexity index is 147. The van der Waals surface area contributed by atoms with Gasteiger partial charge >= 0.3 is 6.18 Å². The number of rotatable bonds is 5. The second-order valence-corrected chi connectivity index (χ2v) is 4.30. The number of hydrogen-bond acceptors (Lipinski definition) is 0. The van der Waals surface area contributed by atoms with Crippen molar-refractivity contribution in [3.05, 3.63) is 0 Å². The molecule has 0 aliphatic heterocycles. The standard InChI is InChI=1S/C10H17F3/c1-8(7-10(11,12)13)3-2-4-9-5-6-9/h8-9H,2-7H2,1H3. The maximum absolute atomic E-state index is 11.9. The lowest BCUT2D eigenvalue weighted by molar-refractivity contribution is -0.143. The van der Waals surface area contributed by atoms with Crippen LogP contribution < -0.4 is 0 Å². The minimum atomic E-state index is -3.97. The minimum Gasteiger partial charge on any atom is -0.171 e. The van der Waals surface area contributed by atoms with Crippen molar-refractivity contribution in [2.24, 2.45) is 11.8 Å². The van der Waals surface area contributed by atoms with Gasteiger partial charge in [0.1, 0.15) is 0 Å². The van der Waals surface area contributed by atoms with Crippen LogP contribution in [0, 0.1) is 11.8 Å². The highest BCUT2D eigenvalue weighted by Gasteiger charge is 2.30. The normalized spacial score (nSPS) is 20.3. The van der Waals surface area contributed by atoms with E-state index in [0.29, 0.717) is 0 Å². The Morgan fingerprint density at radius 1 is 1.31 bits per heavy atom. The molecule has 13 heavy (non-hydrogen) atoms. The molecule has 0 heterocycles. The van der Waals surface area contributed by atoms with Crippen LogP contribution in [0.15, 0.2) is 0 Å². The van der Waals surface area contributed by atoms with Gasteiger partial charge in [0.15, 0.2) is 0 Å². The molecule has 3 heteroatoms. The fourth-order valence-electron chi connectivity index (χ4n) is 1.66. The van der Waals surface area contributed by atoms with E-state index < -0.39 is 12.6 Å². The minimum absolute atomic E-state index is 0.196. The molecular formula is C10H17F3. The summed E-state index contributed by atoms with van der Waals surface area (Å²) >= 11 is 0. The van der Waals surface area contributed by atoms with Gasteiger partial charge in [0.25, 0.3) is 0 Å². The SMILES string of the molecule is CC(CCCC1CC1)CC(F)(F)F. The van der Waals surface area contributed by atoms with Crippen LogP contribution in [0.3, 0.4) is 0 Å². The molecule has 0 nitrogen and oxygen atoms in total. The van der Waals surface area contributed by atoms with Crippen LogP contribution in [-0.2, 0) is 0 Å². The third-order valence-electron chi connectivity index (χ3n) is 2.59. The van der Waals surface area contributed by atoms with Crippen molar-refractivity contribution in [3.63, 3.8) is 0 Å². The van der Waals surface area contributed by atoms with Crippen LogP contribution >= 0.6 is 0 Å². The summed E-state index contributed by atoms with van der Waals surface area (Å²) in [5.74, 6) is 0.650. The lowest BCUT2D eigenvalue weighted by Gasteiger charge is -2.13. The van der Waals surface area contributed by atoms with Gasteiger partial charge in [-0.1, -0.05) is 39.0 Å². The molecule has 1 atom stereocenters. The molecule has 1 aliphatic rings. The van der Waals surface area contributed by atoms with E-state index in [-0.39, 0.29) is 5.92 Å². The van der Waals surface area contributed by atoms with Gasteiger partial charge in [-0.25, -0.2) is 0 Å². The predicted molar refractivity (Wildman–Crippen MR) is 46.4 cm³/mol. The highest BCUT2D eigenvalue weighted by molar-refractivity contribution is 4.73. The summed E-state index contributed by atoms with van der Waals surface area (Å²) in [5.41, 5.74) is 0. The molecular weight excluding hydrogens is 177 g/mol. The van der Waals surface area contributed by atoms with Crippen molar-refractivity contribution in [3.8, 4) is 0 Å². The molecule has 0 radical (unpaired) electrons. The summed E-state index contributed by atoms with van der Waals surface area (Å²) in [5, 5.41) is 0. The summed E-state index contributed by atoms with van der Waals surface area (Å²) in [6.45, 7) is 1.69. The van der Waals surface area contributed by atoms with Crippen LogP contribution in [0.4, 0.5) is 13.2 Å². The van der Waals surface area contributed by atoms with Gasteiger partial charge in [0.2, 0.25) is 0 Å². The lowest BCUT2D eigenvalue weighted by Crippen LogP contribution is -2.12. The predicted octanol–water partition coefficient (Wildman–Crippen LogP) is 4.16. The van der Waals surface area contributed by atoms with E-state index in [4.69, 9.17) is 0 Å². The van der Waals surface area contributed by atoms with Crippen LogP contribution in [0.1, 0.15) is 45.4 Å². The van der Waals surface area contributed by atoms with E-state index in [9.17, 15) is 13.2 Å². The summed E-state index contributed by atoms with van der Waals surface area (Å²) in [4.78, 5) is 0. The third kappa shape index (κ3) is 5.94. The first kappa shape index (κ1) is 10.9. The zero-order chi connectivity index (χ0) is 9.90. The lowest BCUT2D eigenvalue weighted by atomic mass is 9.99. The van der Waals surface area contributed by atoms with Crippen molar-refractivity contribution in [1.82, 2.24) is 0 Å². The van der Waals surface area contributed by atoms with E-state index in [1.54, 1.807) is 6.92 Å². The molecule has 0 bridgehead atoms. The Hall–Kier alpha value is -0.210. The highest BCUT2D eigenvalue weighted by atomic mass is 19.4. The second-order valence-electron chi connectivity index (χ2n) is 4.30. The van der Waals surface area contributed by atoms with Crippen molar-refractivity contribution < 1.29 is 13.2 Å². The van der Waals surface area contributed by atoms with Gasteiger partial charge in [-0.2, -0.15) is 13.2 Å². The smallest absolute Gasteiger partial charge is 0.171 e. The summed E-state index contributed by atoms with van der Waals surface area (Å²) in [6, 6.07) is 0. The fourth-order valence-corrected chi connectivity index (χ4v) is 1.66. The van der Waals surface area contributed by atoms with E-state index in [2.05, 4.69) is 0 Å². The van der Waals surface area contributed by atoms with E-state index in [0.717, 1.165) is 25.2 Å². The van der Waals surface area contributed by atoms with Gasteiger partial charge in [-0.05, 0) is 11.8 Å². The summed E-state index contributed by atoms with van der Waals surface area (Å²) in [7, 11) is 0. The Kier molecular flexibility index (Phi) is 3.63. The van der Waals surface area contributed by atoms with Gasteiger partial charge in [-0.15, -0.1) is 0 Å². The maximum atomic E-state index is 11.9. The highest BCUT2D eigenvalue weighted by Crippen LogP contribution is 2.35. The molecule has 0 saturated heterocycles. The Morgan fingerprint density at radius 2 is 1.92 bits per heavy atom. The first-order chi connectivity index (χ1) is 5.97. The van der Waals surface area contributed by atoms with E-state index in [1.165, 1.54) is 12.8 Å². The van der Waals surface area contributed by atoms with Gasteiger partial charge in [0.05, 0.1) is 0 Å². The molecule has 1 aliphatic carbocycles. The first-order valence-electron chi connectivity index (χ1n) is 5.04. The molecule has 0 spiro atoms. The molecule has 1 saturated carbocycles. The Labute approximate surface area is 77.5 Å². The zero-order valence-corrected chi connectivity index (χ0v) is 8.03. The fraction of sp³-hybridized carbons (Fsp3) is 1.00. The van der Waals surface area contributed by atoms with Gasteiger partial charge in [0, 0.05) is 6.42 Å². The van der Waals surface area contributed by atoms with Crippen molar-refractivity contribution in [2.45, 2.75) is 51.6 Å². The molecule has 0 aromatic heterocycles. The summed E-state index contributed by atoms with van der Waals surface area (Å²) in [6.07, 6.45) is 0.859. The second kappa shape index (κ2) is 4.34. The third-order valence-corrected chi connectivity index (χ3v) is 2.59. The topological polar surface area (TPSA) is 0 Å². The van der Waals surface area contributed by atoms with Gasteiger partial charge in [-0.3, -0.25) is 0 Å². The number of alkyl halides is 3. The quantitative estimate of drug-likeness (QED) is 0.616. The molecule has 1 rings (SSSR count). The Morgan fingerprint density at radius 3 is 2.38 bits per heavy atom. The molecule has 0 aromatic carbocycles. The van der Waals surface area contributed by atoms with Crippen molar-refractivity contribution in [2.75, 3.05) is 0 Å². The van der Waals surface area contributed by atoms with E-state index in [1.807, 2.05) is 0 Å². The molecule has 1 unspecified atom stereocenters. The number of hydrogen-bond donors (Lipinski definition) is 0. The molecule has 1 fully saturated rings. The van der Waals surface area contributed by atoms with Crippen LogP contribution in [0.25, 0.3) is 0 Å². The molecule has 78 valence electrons. The Balaban J connectivity index is 1.99. The van der Waals surface area contributed by atoms with Gasteiger partial charge < -0.3 is 0 Å². The average Bonchev–Trinajstić information content (AvgIpc) is 2.66. The largest absolute Gasteiger partial charge is 0.389 e. The van der Waals surface area contributed by atoms with Crippen LogP contribution in [0.2, 0.25) is 0 Å². The summed E-state index contributed by atoms with van der Waals surface area (Å²) < 4.78 is 35.7. The maximum Gasteiger partial charge on any atom is 0.389 e. The number of halogens is 3. The van der Waals surface area contributed by atoms with Crippen molar-refractivity contribution >= 4 is 0 Å². The molecule has 0 N–H and O–H groups in total. The van der Waals surface area contributed by atoms with E-state index >= 15 is 0 Å². The van der Waals surface area contributed by atoms with Crippen molar-refractivity contribution in [1.29, 1.82) is 0 Å². The molecule has 0 aromatic rings.